The van der Waals surface area contributed by atoms with Crippen LogP contribution in [-0.2, 0) is 17.8 Å². The Bertz CT molecular complexity index is 508. The first kappa shape index (κ1) is 13.1. The van der Waals surface area contributed by atoms with E-state index in [0.29, 0.717) is 18.0 Å². The maximum absolute atomic E-state index is 10.4. The van der Waals surface area contributed by atoms with Crippen LogP contribution in [0.5, 0.6) is 5.75 Å². The average molecular weight is 262 g/mol. The van der Waals surface area contributed by atoms with Crippen LogP contribution in [0.1, 0.15) is 24.2 Å². The van der Waals surface area contributed by atoms with Crippen LogP contribution in [0, 0.1) is 0 Å². The number of aromatic nitrogens is 2. The van der Waals surface area contributed by atoms with Gasteiger partial charge in [0.15, 0.2) is 6.61 Å². The van der Waals surface area contributed by atoms with Gasteiger partial charge in [0.25, 0.3) is 0 Å². The van der Waals surface area contributed by atoms with Crippen molar-refractivity contribution in [2.75, 3.05) is 0 Å². The van der Waals surface area contributed by atoms with E-state index in [0.717, 1.165) is 12.0 Å². The predicted molar refractivity (Wildman–Crippen MR) is 65.6 cm³/mol. The van der Waals surface area contributed by atoms with Crippen LogP contribution < -0.4 is 4.74 Å². The normalized spacial score (nSPS) is 10.3. The van der Waals surface area contributed by atoms with Crippen molar-refractivity contribution >= 4 is 5.97 Å². The average Bonchev–Trinajstić information content (AvgIpc) is 2.90. The summed E-state index contributed by atoms with van der Waals surface area (Å²) in [7, 11) is 0. The smallest absolute Gasteiger partial charge is 0.303 e. The summed E-state index contributed by atoms with van der Waals surface area (Å²) >= 11 is 0. The fourth-order valence-corrected chi connectivity index (χ4v) is 1.60. The van der Waals surface area contributed by atoms with E-state index < -0.39 is 5.97 Å². The molecule has 1 aromatic carbocycles. The van der Waals surface area contributed by atoms with Crippen molar-refractivity contribution < 1.29 is 19.2 Å². The van der Waals surface area contributed by atoms with Crippen LogP contribution in [0.15, 0.2) is 35.2 Å². The highest BCUT2D eigenvalue weighted by Gasteiger charge is 2.01. The van der Waals surface area contributed by atoms with E-state index >= 15 is 0 Å². The van der Waals surface area contributed by atoms with Gasteiger partial charge in [0.2, 0.25) is 12.2 Å². The SMILES string of the molecule is O=C(O)CCCc1ccc(OCc2ncon2)cc1. The molecular weight excluding hydrogens is 248 g/mol. The molecule has 2 rings (SSSR count). The molecule has 0 bridgehead atoms. The molecule has 0 unspecified atom stereocenters. The summed E-state index contributed by atoms with van der Waals surface area (Å²) in [5, 5.41) is 12.2. The van der Waals surface area contributed by atoms with E-state index in [1.807, 2.05) is 24.3 Å². The van der Waals surface area contributed by atoms with Gasteiger partial charge >= 0.3 is 5.97 Å². The summed E-state index contributed by atoms with van der Waals surface area (Å²) in [6, 6.07) is 7.53. The maximum atomic E-state index is 10.4. The molecule has 19 heavy (non-hydrogen) atoms. The van der Waals surface area contributed by atoms with Crippen molar-refractivity contribution in [3.63, 3.8) is 0 Å². The summed E-state index contributed by atoms with van der Waals surface area (Å²) in [4.78, 5) is 14.2. The van der Waals surface area contributed by atoms with Crippen molar-refractivity contribution in [2.24, 2.45) is 0 Å². The summed E-state index contributed by atoms with van der Waals surface area (Å²) in [5.74, 6) is 0.442. The number of benzene rings is 1. The summed E-state index contributed by atoms with van der Waals surface area (Å²) in [6.45, 7) is 0.259. The van der Waals surface area contributed by atoms with Gasteiger partial charge in [-0.3, -0.25) is 4.79 Å². The summed E-state index contributed by atoms with van der Waals surface area (Å²) in [5.41, 5.74) is 1.09. The third-order valence-corrected chi connectivity index (χ3v) is 2.55. The third kappa shape index (κ3) is 4.42. The molecule has 0 spiro atoms. The van der Waals surface area contributed by atoms with Crippen molar-refractivity contribution in [3.05, 3.63) is 42.0 Å². The zero-order valence-corrected chi connectivity index (χ0v) is 10.3. The number of carbonyl (C=O) groups is 1. The van der Waals surface area contributed by atoms with Crippen LogP contribution in [0.4, 0.5) is 0 Å². The highest BCUT2D eigenvalue weighted by molar-refractivity contribution is 5.66. The molecule has 1 aromatic heterocycles. The van der Waals surface area contributed by atoms with E-state index in [-0.39, 0.29) is 13.0 Å². The lowest BCUT2D eigenvalue weighted by atomic mass is 10.1. The van der Waals surface area contributed by atoms with Gasteiger partial charge in [0.1, 0.15) is 5.75 Å². The zero-order valence-electron chi connectivity index (χ0n) is 10.3. The van der Waals surface area contributed by atoms with Gasteiger partial charge in [-0.15, -0.1) is 0 Å². The van der Waals surface area contributed by atoms with Gasteiger partial charge in [-0.25, -0.2) is 0 Å². The van der Waals surface area contributed by atoms with Crippen LogP contribution >= 0.6 is 0 Å². The number of rotatable bonds is 7. The number of aliphatic carboxylic acids is 1. The second-order valence-corrected chi connectivity index (χ2v) is 4.03. The largest absolute Gasteiger partial charge is 0.485 e. The molecule has 1 N–H and O–H groups in total. The van der Waals surface area contributed by atoms with Gasteiger partial charge < -0.3 is 14.4 Å². The lowest BCUT2D eigenvalue weighted by Crippen LogP contribution is -1.98. The maximum Gasteiger partial charge on any atom is 0.303 e. The lowest BCUT2D eigenvalue weighted by Gasteiger charge is -2.05. The van der Waals surface area contributed by atoms with E-state index in [9.17, 15) is 4.79 Å². The Hall–Kier alpha value is -2.37. The van der Waals surface area contributed by atoms with Crippen molar-refractivity contribution in [1.82, 2.24) is 10.1 Å². The molecule has 0 fully saturated rings. The number of aryl methyl sites for hydroxylation is 1. The van der Waals surface area contributed by atoms with Crippen LogP contribution in [0.3, 0.4) is 0 Å². The fraction of sp³-hybridized carbons (Fsp3) is 0.308. The zero-order chi connectivity index (χ0) is 13.5. The molecule has 6 nitrogen and oxygen atoms in total. The highest BCUT2D eigenvalue weighted by atomic mass is 16.5. The van der Waals surface area contributed by atoms with Crippen LogP contribution in [0.25, 0.3) is 0 Å². The van der Waals surface area contributed by atoms with Crippen molar-refractivity contribution in [1.29, 1.82) is 0 Å². The number of carboxylic acid groups (broad SMARTS) is 1. The Morgan fingerprint density at radius 1 is 1.32 bits per heavy atom. The predicted octanol–water partition coefficient (Wildman–Crippen LogP) is 2.06. The second kappa shape index (κ2) is 6.53. The molecule has 100 valence electrons. The van der Waals surface area contributed by atoms with Gasteiger partial charge in [0, 0.05) is 6.42 Å². The molecule has 0 saturated heterocycles. The Morgan fingerprint density at radius 2 is 2.11 bits per heavy atom. The Balaban J connectivity index is 1.79. The molecule has 0 amide bonds. The highest BCUT2D eigenvalue weighted by Crippen LogP contribution is 2.14. The van der Waals surface area contributed by atoms with Gasteiger partial charge in [-0.05, 0) is 30.5 Å². The Labute approximate surface area is 110 Å². The Kier molecular flexibility index (Phi) is 4.49. The topological polar surface area (TPSA) is 85.5 Å². The summed E-state index contributed by atoms with van der Waals surface area (Å²) in [6.07, 6.45) is 2.83. The molecule has 0 aliphatic heterocycles. The number of ether oxygens (including phenoxy) is 1. The quantitative estimate of drug-likeness (QED) is 0.822. The molecule has 0 atom stereocenters. The number of carboxylic acids is 1. The van der Waals surface area contributed by atoms with Crippen LogP contribution in [-0.4, -0.2) is 21.2 Å². The molecular formula is C13H14N2O4. The number of hydrogen-bond donors (Lipinski definition) is 1. The molecule has 0 radical (unpaired) electrons. The van der Waals surface area contributed by atoms with E-state index in [1.54, 1.807) is 0 Å². The second-order valence-electron chi connectivity index (χ2n) is 4.03. The minimum atomic E-state index is -0.764. The molecule has 2 aromatic rings. The van der Waals surface area contributed by atoms with Crippen LogP contribution in [0.2, 0.25) is 0 Å². The number of hydrogen-bond acceptors (Lipinski definition) is 5. The molecule has 0 aliphatic carbocycles. The van der Waals surface area contributed by atoms with Crippen molar-refractivity contribution in [3.8, 4) is 5.75 Å². The van der Waals surface area contributed by atoms with E-state index in [1.165, 1.54) is 6.39 Å². The number of nitrogens with zero attached hydrogens (tertiary/aromatic N) is 2. The monoisotopic (exact) mass is 262 g/mol. The summed E-state index contributed by atoms with van der Waals surface area (Å²) < 4.78 is 10.1. The van der Waals surface area contributed by atoms with Gasteiger partial charge in [-0.1, -0.05) is 17.3 Å². The van der Waals surface area contributed by atoms with Crippen molar-refractivity contribution in [2.45, 2.75) is 25.9 Å². The molecule has 1 heterocycles. The minimum absolute atomic E-state index is 0.191. The van der Waals surface area contributed by atoms with Gasteiger partial charge in [-0.2, -0.15) is 4.98 Å². The molecule has 0 aliphatic rings. The molecule has 6 heteroatoms. The van der Waals surface area contributed by atoms with E-state index in [4.69, 9.17) is 9.84 Å². The minimum Gasteiger partial charge on any atom is -0.485 e. The standard InChI is InChI=1S/C13H14N2O4/c16-13(17)3-1-2-10-4-6-11(7-5-10)18-8-12-14-9-19-15-12/h4-7,9H,1-3,8H2,(H,16,17). The Morgan fingerprint density at radius 3 is 2.74 bits per heavy atom. The third-order valence-electron chi connectivity index (χ3n) is 2.55. The van der Waals surface area contributed by atoms with Gasteiger partial charge in [0.05, 0.1) is 0 Å². The first-order valence-corrected chi connectivity index (χ1v) is 5.93. The first-order valence-electron chi connectivity index (χ1n) is 5.93. The first-order chi connectivity index (χ1) is 9.24. The van der Waals surface area contributed by atoms with E-state index in [2.05, 4.69) is 14.7 Å². The fourth-order valence-electron chi connectivity index (χ4n) is 1.60. The molecule has 0 saturated carbocycles. The lowest BCUT2D eigenvalue weighted by molar-refractivity contribution is -0.137.